The van der Waals surface area contributed by atoms with Gasteiger partial charge >= 0.3 is 0 Å². The van der Waals surface area contributed by atoms with Gasteiger partial charge in [0.15, 0.2) is 0 Å². The Bertz CT molecular complexity index is 540. The van der Waals surface area contributed by atoms with Crippen molar-refractivity contribution in [1.82, 2.24) is 4.90 Å². The summed E-state index contributed by atoms with van der Waals surface area (Å²) in [6, 6.07) is 6.50. The number of phenols is 1. The van der Waals surface area contributed by atoms with Gasteiger partial charge in [0.25, 0.3) is 5.91 Å². The van der Waals surface area contributed by atoms with Crippen molar-refractivity contribution in [3.05, 3.63) is 29.8 Å². The SMILES string of the molecule is CC(C)[C@H]1CO[C@@]2(CCCN(C(=O)c3ccc(O)cc3)C2)C1. The number of ether oxygens (including phenoxy) is 1. The first-order valence-electron chi connectivity index (χ1n) is 8.21. The van der Waals surface area contributed by atoms with E-state index in [1.807, 2.05) is 4.90 Å². The van der Waals surface area contributed by atoms with E-state index in [9.17, 15) is 9.90 Å². The summed E-state index contributed by atoms with van der Waals surface area (Å²) < 4.78 is 6.16. The molecule has 120 valence electrons. The highest BCUT2D eigenvalue weighted by Gasteiger charge is 2.45. The van der Waals surface area contributed by atoms with Gasteiger partial charge in [0.05, 0.1) is 12.2 Å². The Morgan fingerprint density at radius 3 is 2.73 bits per heavy atom. The van der Waals surface area contributed by atoms with E-state index >= 15 is 0 Å². The normalized spacial score (nSPS) is 28.5. The average molecular weight is 303 g/mol. The number of hydrogen-bond donors (Lipinski definition) is 1. The van der Waals surface area contributed by atoms with Crippen LogP contribution in [0.25, 0.3) is 0 Å². The van der Waals surface area contributed by atoms with Gasteiger partial charge in [-0.15, -0.1) is 0 Å². The topological polar surface area (TPSA) is 49.8 Å². The summed E-state index contributed by atoms with van der Waals surface area (Å²) in [6.07, 6.45) is 3.11. The molecule has 1 aromatic rings. The first kappa shape index (κ1) is 15.3. The minimum absolute atomic E-state index is 0.0377. The van der Waals surface area contributed by atoms with Crippen LogP contribution in [0.3, 0.4) is 0 Å². The van der Waals surface area contributed by atoms with Crippen molar-refractivity contribution in [3.8, 4) is 5.75 Å². The lowest BCUT2D eigenvalue weighted by molar-refractivity contribution is -0.0451. The monoisotopic (exact) mass is 303 g/mol. The second-order valence-corrected chi connectivity index (χ2v) is 7.08. The average Bonchev–Trinajstić information content (AvgIpc) is 2.91. The molecule has 0 unspecified atom stereocenters. The van der Waals surface area contributed by atoms with Crippen molar-refractivity contribution in [2.75, 3.05) is 19.7 Å². The van der Waals surface area contributed by atoms with E-state index in [1.165, 1.54) is 0 Å². The molecule has 1 amide bonds. The van der Waals surface area contributed by atoms with Gasteiger partial charge in [-0.25, -0.2) is 0 Å². The summed E-state index contributed by atoms with van der Waals surface area (Å²) in [5, 5.41) is 9.35. The van der Waals surface area contributed by atoms with Crippen LogP contribution in [0, 0.1) is 11.8 Å². The second-order valence-electron chi connectivity index (χ2n) is 7.08. The van der Waals surface area contributed by atoms with E-state index in [1.54, 1.807) is 24.3 Å². The van der Waals surface area contributed by atoms with Crippen molar-refractivity contribution >= 4 is 5.91 Å². The Balaban J connectivity index is 1.71. The molecule has 22 heavy (non-hydrogen) atoms. The number of amides is 1. The Kier molecular flexibility index (Phi) is 4.13. The summed E-state index contributed by atoms with van der Waals surface area (Å²) in [7, 11) is 0. The molecule has 0 radical (unpaired) electrons. The van der Waals surface area contributed by atoms with Gasteiger partial charge in [-0.1, -0.05) is 13.8 Å². The Labute approximate surface area is 132 Å². The molecule has 0 saturated carbocycles. The largest absolute Gasteiger partial charge is 0.508 e. The van der Waals surface area contributed by atoms with Crippen LogP contribution in [0.5, 0.6) is 5.75 Å². The van der Waals surface area contributed by atoms with Crippen LogP contribution >= 0.6 is 0 Å². The molecule has 1 N–H and O–H groups in total. The molecule has 2 fully saturated rings. The number of benzene rings is 1. The molecule has 1 spiro atoms. The zero-order valence-electron chi connectivity index (χ0n) is 13.4. The van der Waals surface area contributed by atoms with Crippen LogP contribution < -0.4 is 0 Å². The molecule has 0 bridgehead atoms. The van der Waals surface area contributed by atoms with Crippen LogP contribution in [-0.4, -0.2) is 41.2 Å². The zero-order valence-corrected chi connectivity index (χ0v) is 13.4. The van der Waals surface area contributed by atoms with E-state index in [2.05, 4.69) is 13.8 Å². The number of rotatable bonds is 2. The highest BCUT2D eigenvalue weighted by atomic mass is 16.5. The molecular formula is C18H25NO3. The number of carbonyl (C=O) groups excluding carboxylic acids is 1. The summed E-state index contributed by atoms with van der Waals surface area (Å²) in [6.45, 7) is 6.79. The maximum atomic E-state index is 12.7. The summed E-state index contributed by atoms with van der Waals surface area (Å²) in [5.41, 5.74) is 0.494. The number of hydrogen-bond acceptors (Lipinski definition) is 3. The second kappa shape index (κ2) is 5.92. The maximum absolute atomic E-state index is 12.7. The van der Waals surface area contributed by atoms with Gasteiger partial charge in [0.2, 0.25) is 0 Å². The first-order valence-corrected chi connectivity index (χ1v) is 8.21. The van der Waals surface area contributed by atoms with E-state index in [0.717, 1.165) is 32.4 Å². The minimum Gasteiger partial charge on any atom is -0.508 e. The molecule has 2 aliphatic rings. The Morgan fingerprint density at radius 2 is 2.09 bits per heavy atom. The summed E-state index contributed by atoms with van der Waals surface area (Å²) in [5.74, 6) is 1.45. The maximum Gasteiger partial charge on any atom is 0.253 e. The predicted molar refractivity (Wildman–Crippen MR) is 84.9 cm³/mol. The molecule has 4 heteroatoms. The van der Waals surface area contributed by atoms with Gasteiger partial charge in [-0.05, 0) is 55.4 Å². The molecule has 1 aromatic carbocycles. The minimum atomic E-state index is -0.139. The summed E-state index contributed by atoms with van der Waals surface area (Å²) in [4.78, 5) is 14.6. The highest BCUT2D eigenvalue weighted by molar-refractivity contribution is 5.94. The lowest BCUT2D eigenvalue weighted by Crippen LogP contribution is -2.50. The number of piperidine rings is 1. The third-order valence-corrected chi connectivity index (χ3v) is 5.12. The number of aromatic hydroxyl groups is 1. The quantitative estimate of drug-likeness (QED) is 0.913. The van der Waals surface area contributed by atoms with Crippen molar-refractivity contribution in [2.24, 2.45) is 11.8 Å². The number of phenolic OH excluding ortho intramolecular Hbond substituents is 1. The molecule has 4 nitrogen and oxygen atoms in total. The summed E-state index contributed by atoms with van der Waals surface area (Å²) >= 11 is 0. The molecule has 2 saturated heterocycles. The van der Waals surface area contributed by atoms with E-state index in [4.69, 9.17) is 4.74 Å². The molecule has 3 rings (SSSR count). The van der Waals surface area contributed by atoms with Gasteiger partial charge < -0.3 is 14.7 Å². The zero-order chi connectivity index (χ0) is 15.7. The van der Waals surface area contributed by atoms with Crippen LogP contribution in [0.2, 0.25) is 0 Å². The van der Waals surface area contributed by atoms with Crippen LogP contribution in [0.1, 0.15) is 43.5 Å². The lowest BCUT2D eigenvalue weighted by atomic mass is 9.82. The van der Waals surface area contributed by atoms with Crippen molar-refractivity contribution in [1.29, 1.82) is 0 Å². The fourth-order valence-electron chi connectivity index (χ4n) is 3.65. The molecule has 0 aromatic heterocycles. The van der Waals surface area contributed by atoms with Crippen LogP contribution in [0.4, 0.5) is 0 Å². The standard InChI is InChI=1S/C18H25NO3/c1-13(2)15-10-18(22-11-15)8-3-9-19(12-18)17(21)14-4-6-16(20)7-5-14/h4-7,13,15,20H,3,8-12H2,1-2H3/t15-,18+/m1/s1. The Hall–Kier alpha value is -1.55. The Morgan fingerprint density at radius 1 is 1.36 bits per heavy atom. The predicted octanol–water partition coefficient (Wildman–Crippen LogP) is 3.06. The fourth-order valence-corrected chi connectivity index (χ4v) is 3.65. The molecule has 2 aliphatic heterocycles. The number of carbonyl (C=O) groups is 1. The van der Waals surface area contributed by atoms with E-state index in [-0.39, 0.29) is 17.3 Å². The smallest absolute Gasteiger partial charge is 0.253 e. The van der Waals surface area contributed by atoms with E-state index < -0.39 is 0 Å². The molecule has 2 heterocycles. The van der Waals surface area contributed by atoms with Gasteiger partial charge in [0.1, 0.15) is 5.75 Å². The number of likely N-dealkylation sites (tertiary alicyclic amines) is 1. The van der Waals surface area contributed by atoms with E-state index in [0.29, 0.717) is 23.9 Å². The van der Waals surface area contributed by atoms with Crippen LogP contribution in [0.15, 0.2) is 24.3 Å². The molecule has 0 aliphatic carbocycles. The third-order valence-electron chi connectivity index (χ3n) is 5.12. The van der Waals surface area contributed by atoms with Crippen molar-refractivity contribution in [3.63, 3.8) is 0 Å². The first-order chi connectivity index (χ1) is 10.5. The van der Waals surface area contributed by atoms with Crippen LogP contribution in [-0.2, 0) is 4.74 Å². The van der Waals surface area contributed by atoms with Crippen molar-refractivity contribution < 1.29 is 14.6 Å². The van der Waals surface area contributed by atoms with Gasteiger partial charge in [0, 0.05) is 18.7 Å². The third kappa shape index (κ3) is 2.98. The van der Waals surface area contributed by atoms with Gasteiger partial charge in [-0.2, -0.15) is 0 Å². The molecular weight excluding hydrogens is 278 g/mol. The van der Waals surface area contributed by atoms with Gasteiger partial charge in [-0.3, -0.25) is 4.79 Å². The molecule has 2 atom stereocenters. The fraction of sp³-hybridized carbons (Fsp3) is 0.611. The lowest BCUT2D eigenvalue weighted by Gasteiger charge is -2.40. The number of nitrogens with zero attached hydrogens (tertiary/aromatic N) is 1. The van der Waals surface area contributed by atoms with Crippen molar-refractivity contribution in [2.45, 2.75) is 38.7 Å². The highest BCUT2D eigenvalue weighted by Crippen LogP contribution is 2.40.